The predicted octanol–water partition coefficient (Wildman–Crippen LogP) is 21.7. The molecule has 0 spiro atoms. The number of unbranched alkanes of at least 4 members (excludes halogenated alkanes) is 35. The Morgan fingerprint density at radius 1 is 0.284 bits per heavy atom. The number of allylic oxidation sites excluding steroid dienone is 12. The predicted molar refractivity (Wildman–Crippen MR) is 321 cm³/mol. The summed E-state index contributed by atoms with van der Waals surface area (Å²) < 4.78 is 16.8. The molecule has 6 nitrogen and oxygen atoms in total. The topological polar surface area (TPSA) is 78.9 Å². The zero-order valence-electron chi connectivity index (χ0n) is 49.1. The molecular formula is C68H120O6. The van der Waals surface area contributed by atoms with Gasteiger partial charge in [-0.25, -0.2) is 0 Å². The van der Waals surface area contributed by atoms with Crippen LogP contribution < -0.4 is 0 Å². The van der Waals surface area contributed by atoms with Crippen LogP contribution in [0.5, 0.6) is 0 Å². The van der Waals surface area contributed by atoms with E-state index in [-0.39, 0.29) is 37.5 Å². The Labute approximate surface area is 459 Å². The van der Waals surface area contributed by atoms with Crippen molar-refractivity contribution in [3.8, 4) is 0 Å². The van der Waals surface area contributed by atoms with E-state index in [1.165, 1.54) is 205 Å². The molecule has 0 aliphatic heterocycles. The van der Waals surface area contributed by atoms with Gasteiger partial charge in [-0.15, -0.1) is 0 Å². The number of ether oxygens (including phenoxy) is 3. The molecule has 0 aliphatic carbocycles. The summed E-state index contributed by atoms with van der Waals surface area (Å²) in [7, 11) is 0. The summed E-state index contributed by atoms with van der Waals surface area (Å²) in [5.41, 5.74) is 0. The van der Waals surface area contributed by atoms with Gasteiger partial charge in [0, 0.05) is 19.3 Å². The van der Waals surface area contributed by atoms with Crippen LogP contribution in [0.3, 0.4) is 0 Å². The lowest BCUT2D eigenvalue weighted by molar-refractivity contribution is -0.166. The fraction of sp³-hybridized carbons (Fsp3) is 0.779. The first-order chi connectivity index (χ1) is 36.5. The van der Waals surface area contributed by atoms with Gasteiger partial charge in [0.05, 0.1) is 0 Å². The SMILES string of the molecule is CC/C=C\C/C=C\C/C=C\C/C=C\CCC(=O)OC(COC(=O)CCCCCCCCCCCCCC)COC(=O)CCCCCCCCCCCCCCCCCCCCC/C=C\C/C=C\CCCCCCC. The average Bonchev–Trinajstić information content (AvgIpc) is 3.40. The largest absolute Gasteiger partial charge is 0.462 e. The molecule has 0 rings (SSSR count). The lowest BCUT2D eigenvalue weighted by Gasteiger charge is -2.18. The van der Waals surface area contributed by atoms with E-state index in [0.717, 1.165) is 70.6 Å². The fourth-order valence-electron chi connectivity index (χ4n) is 9.20. The van der Waals surface area contributed by atoms with Gasteiger partial charge in [-0.05, 0) is 77.0 Å². The Kier molecular flexibility index (Phi) is 59.7. The zero-order valence-corrected chi connectivity index (χ0v) is 49.1. The van der Waals surface area contributed by atoms with Crippen molar-refractivity contribution in [2.24, 2.45) is 0 Å². The third-order valence-corrected chi connectivity index (χ3v) is 14.0. The van der Waals surface area contributed by atoms with Gasteiger partial charge in [0.15, 0.2) is 6.10 Å². The maximum absolute atomic E-state index is 12.8. The van der Waals surface area contributed by atoms with E-state index in [1.54, 1.807) is 0 Å². The summed E-state index contributed by atoms with van der Waals surface area (Å²) in [6.45, 7) is 6.48. The second-order valence-corrected chi connectivity index (χ2v) is 21.3. The third-order valence-electron chi connectivity index (χ3n) is 14.0. The summed E-state index contributed by atoms with van der Waals surface area (Å²) >= 11 is 0. The number of esters is 3. The molecule has 1 atom stereocenters. The van der Waals surface area contributed by atoms with Gasteiger partial charge in [-0.3, -0.25) is 14.4 Å². The van der Waals surface area contributed by atoms with Crippen LogP contribution in [0.1, 0.15) is 323 Å². The molecule has 1 unspecified atom stereocenters. The summed E-state index contributed by atoms with van der Waals surface area (Å²) in [6, 6.07) is 0. The van der Waals surface area contributed by atoms with Gasteiger partial charge in [-0.2, -0.15) is 0 Å². The first-order valence-electron chi connectivity index (χ1n) is 31.9. The average molecular weight is 1030 g/mol. The van der Waals surface area contributed by atoms with Crippen molar-refractivity contribution < 1.29 is 28.6 Å². The Morgan fingerprint density at radius 2 is 0.554 bits per heavy atom. The van der Waals surface area contributed by atoms with E-state index in [1.807, 2.05) is 6.08 Å². The van der Waals surface area contributed by atoms with Crippen molar-refractivity contribution in [1.82, 2.24) is 0 Å². The van der Waals surface area contributed by atoms with E-state index >= 15 is 0 Å². The number of rotatable bonds is 58. The van der Waals surface area contributed by atoms with E-state index in [4.69, 9.17) is 14.2 Å². The number of carbonyl (C=O) groups is 3. The van der Waals surface area contributed by atoms with Crippen molar-refractivity contribution in [1.29, 1.82) is 0 Å². The van der Waals surface area contributed by atoms with Crippen LogP contribution in [0, 0.1) is 0 Å². The van der Waals surface area contributed by atoms with E-state index in [9.17, 15) is 14.4 Å². The number of hydrogen-bond donors (Lipinski definition) is 0. The van der Waals surface area contributed by atoms with Gasteiger partial charge >= 0.3 is 17.9 Å². The Balaban J connectivity index is 4.13. The standard InChI is InChI=1S/C68H120O6/c1-4-7-10-13-16-19-22-25-26-27-28-29-30-31-32-33-34-35-36-37-38-39-40-41-42-44-46-49-52-55-58-61-67(70)73-64-65(63-72-66(69)60-57-54-51-48-45-24-21-18-15-12-9-6-3)74-68(71)62-59-56-53-50-47-43-23-20-17-14-11-8-5-2/h8,11,17,20,22,25,27-28,43,47,53,56,65H,4-7,9-10,12-16,18-19,21,23-24,26,29-42,44-46,48-52,54-55,57-64H2,1-3H3/b11-8-,20-17-,25-22-,28-27-,47-43-,56-53-. The third kappa shape index (κ3) is 59.7. The van der Waals surface area contributed by atoms with E-state index in [0.29, 0.717) is 19.3 Å². The van der Waals surface area contributed by atoms with Crippen LogP contribution in [0.25, 0.3) is 0 Å². The van der Waals surface area contributed by atoms with Gasteiger partial charge < -0.3 is 14.2 Å². The molecule has 428 valence electrons. The van der Waals surface area contributed by atoms with Crippen LogP contribution in [0.15, 0.2) is 72.9 Å². The Morgan fingerprint density at radius 3 is 0.878 bits per heavy atom. The minimum atomic E-state index is -0.810. The normalized spacial score (nSPS) is 12.5. The van der Waals surface area contributed by atoms with Crippen LogP contribution in [-0.2, 0) is 28.6 Å². The Bertz CT molecular complexity index is 1370. The molecule has 0 saturated carbocycles. The molecule has 74 heavy (non-hydrogen) atoms. The summed E-state index contributed by atoms with van der Waals surface area (Å²) in [5, 5.41) is 0. The number of hydrogen-bond acceptors (Lipinski definition) is 6. The molecule has 0 aromatic rings. The highest BCUT2D eigenvalue weighted by atomic mass is 16.6. The lowest BCUT2D eigenvalue weighted by Crippen LogP contribution is -2.30. The van der Waals surface area contributed by atoms with Crippen molar-refractivity contribution in [2.75, 3.05) is 13.2 Å². The molecule has 0 N–H and O–H groups in total. The molecule has 0 fully saturated rings. The highest BCUT2D eigenvalue weighted by molar-refractivity contribution is 5.71. The molecule has 0 heterocycles. The van der Waals surface area contributed by atoms with Gasteiger partial charge in [0.1, 0.15) is 13.2 Å². The molecule has 0 radical (unpaired) electrons. The molecule has 0 aromatic carbocycles. The molecule has 0 bridgehead atoms. The maximum atomic E-state index is 12.8. The Hall–Kier alpha value is -3.15. The first kappa shape index (κ1) is 70.8. The molecule has 6 heteroatoms. The van der Waals surface area contributed by atoms with E-state index < -0.39 is 6.10 Å². The van der Waals surface area contributed by atoms with Gasteiger partial charge in [0.25, 0.3) is 0 Å². The second kappa shape index (κ2) is 62.4. The molecular weight excluding hydrogens is 913 g/mol. The highest BCUT2D eigenvalue weighted by Crippen LogP contribution is 2.17. The van der Waals surface area contributed by atoms with Gasteiger partial charge in [0.2, 0.25) is 0 Å². The second-order valence-electron chi connectivity index (χ2n) is 21.3. The first-order valence-corrected chi connectivity index (χ1v) is 31.9. The van der Waals surface area contributed by atoms with Crippen LogP contribution in [0.2, 0.25) is 0 Å². The smallest absolute Gasteiger partial charge is 0.306 e. The lowest BCUT2D eigenvalue weighted by atomic mass is 10.0. The summed E-state index contributed by atoms with van der Waals surface area (Å²) in [6.07, 6.45) is 80.9. The van der Waals surface area contributed by atoms with Crippen LogP contribution in [-0.4, -0.2) is 37.2 Å². The summed E-state index contributed by atoms with van der Waals surface area (Å²) in [5.74, 6) is -0.969. The quantitative estimate of drug-likeness (QED) is 0.0261. The van der Waals surface area contributed by atoms with Crippen molar-refractivity contribution in [2.45, 2.75) is 329 Å². The molecule has 0 aromatic heterocycles. The highest BCUT2D eigenvalue weighted by Gasteiger charge is 2.19. The van der Waals surface area contributed by atoms with Crippen molar-refractivity contribution in [3.63, 3.8) is 0 Å². The zero-order chi connectivity index (χ0) is 53.6. The van der Waals surface area contributed by atoms with E-state index in [2.05, 4.69) is 87.6 Å². The molecule has 0 saturated heterocycles. The van der Waals surface area contributed by atoms with Crippen molar-refractivity contribution in [3.05, 3.63) is 72.9 Å². The molecule has 0 aliphatic rings. The minimum Gasteiger partial charge on any atom is -0.462 e. The monoisotopic (exact) mass is 1030 g/mol. The summed E-state index contributed by atoms with van der Waals surface area (Å²) in [4.78, 5) is 38.1. The van der Waals surface area contributed by atoms with Crippen LogP contribution in [0.4, 0.5) is 0 Å². The van der Waals surface area contributed by atoms with Crippen LogP contribution >= 0.6 is 0 Å². The van der Waals surface area contributed by atoms with Crippen molar-refractivity contribution >= 4 is 17.9 Å². The number of carbonyl (C=O) groups excluding carboxylic acids is 3. The fourth-order valence-corrected chi connectivity index (χ4v) is 9.20. The van der Waals surface area contributed by atoms with Gasteiger partial charge in [-0.1, -0.05) is 299 Å². The minimum absolute atomic E-state index is 0.0999. The maximum Gasteiger partial charge on any atom is 0.306 e. The molecule has 0 amide bonds.